The van der Waals surface area contributed by atoms with Gasteiger partial charge in [0.15, 0.2) is 0 Å². The number of anilines is 1. The van der Waals surface area contributed by atoms with Crippen LogP contribution in [0.4, 0.5) is 5.69 Å². The van der Waals surface area contributed by atoms with E-state index in [4.69, 9.17) is 9.94 Å². The highest BCUT2D eigenvalue weighted by atomic mass is 16.5. The Balaban J connectivity index is 0.967. The zero-order chi connectivity index (χ0) is 29.1. The summed E-state index contributed by atoms with van der Waals surface area (Å²) in [5, 5.41) is 16.3. The first-order chi connectivity index (χ1) is 20.6. The normalized spacial score (nSPS) is 25.3. The fourth-order valence-corrected chi connectivity index (χ4v) is 7.86. The predicted molar refractivity (Wildman–Crippen MR) is 166 cm³/mol. The van der Waals surface area contributed by atoms with E-state index >= 15 is 0 Å². The first-order valence-corrected chi connectivity index (χ1v) is 17.0. The van der Waals surface area contributed by atoms with E-state index in [1.54, 1.807) is 17.6 Å². The van der Waals surface area contributed by atoms with Crippen LogP contribution in [0.5, 0.6) is 0 Å². The summed E-state index contributed by atoms with van der Waals surface area (Å²) in [5.74, 6) is 2.14. The predicted octanol–water partition coefficient (Wildman–Crippen LogP) is 5.44. The number of carbonyl (C=O) groups excluding carboxylic acids is 2. The molecule has 1 aromatic rings. The molecule has 3 saturated carbocycles. The van der Waals surface area contributed by atoms with Crippen LogP contribution < -0.4 is 21.0 Å². The number of amides is 1. The van der Waals surface area contributed by atoms with Gasteiger partial charge in [-0.15, -0.1) is 0 Å². The van der Waals surface area contributed by atoms with Gasteiger partial charge < -0.3 is 20.3 Å². The molecule has 0 aromatic heterocycles. The molecule has 234 valence electrons. The van der Waals surface area contributed by atoms with Gasteiger partial charge in [0.05, 0.1) is 0 Å². The van der Waals surface area contributed by atoms with Gasteiger partial charge in [-0.25, -0.2) is 5.48 Å². The summed E-state index contributed by atoms with van der Waals surface area (Å²) in [6.07, 6.45) is 18.2. The van der Waals surface area contributed by atoms with Crippen LogP contribution in [0.3, 0.4) is 0 Å². The molecule has 1 atom stereocenters. The molecule has 1 heterocycles. The number of nitrogens with one attached hydrogen (secondary N) is 3. The van der Waals surface area contributed by atoms with Crippen molar-refractivity contribution in [3.8, 4) is 0 Å². The number of hydroxylamine groups is 1. The minimum Gasteiger partial charge on any atom is -0.461 e. The van der Waals surface area contributed by atoms with Crippen LogP contribution in [0.25, 0.3) is 0 Å². The quantitative estimate of drug-likeness (QED) is 0.148. The van der Waals surface area contributed by atoms with Crippen LogP contribution in [0.2, 0.25) is 0 Å². The van der Waals surface area contributed by atoms with Crippen molar-refractivity contribution in [1.29, 1.82) is 0 Å². The number of carbonyl (C=O) groups is 2. The lowest BCUT2D eigenvalue weighted by molar-refractivity contribution is -0.153. The Bertz CT molecular complexity index is 960. The van der Waals surface area contributed by atoms with Gasteiger partial charge in [-0.1, -0.05) is 19.3 Å². The Morgan fingerprint density at radius 3 is 1.95 bits per heavy atom. The average Bonchev–Trinajstić information content (AvgIpc) is 3.55. The third-order valence-corrected chi connectivity index (χ3v) is 10.6. The molecule has 42 heavy (non-hydrogen) atoms. The zero-order valence-corrected chi connectivity index (χ0v) is 25.5. The summed E-state index contributed by atoms with van der Waals surface area (Å²) in [6, 6.07) is 7.35. The molecule has 4 aliphatic rings. The lowest BCUT2D eigenvalue weighted by Gasteiger charge is -2.35. The molecule has 4 fully saturated rings. The second-order valence-corrected chi connectivity index (χ2v) is 13.6. The maximum atomic E-state index is 13.2. The highest BCUT2D eigenvalue weighted by molar-refractivity contribution is 5.93. The Morgan fingerprint density at radius 1 is 0.762 bits per heavy atom. The Kier molecular flexibility index (Phi) is 12.0. The van der Waals surface area contributed by atoms with Crippen molar-refractivity contribution in [3.05, 3.63) is 29.8 Å². The molecule has 0 unspecified atom stereocenters. The topological polar surface area (TPSA) is 103 Å². The van der Waals surface area contributed by atoms with E-state index in [-0.39, 0.29) is 18.1 Å². The van der Waals surface area contributed by atoms with Crippen LogP contribution in [-0.4, -0.2) is 62.0 Å². The van der Waals surface area contributed by atoms with E-state index < -0.39 is 5.91 Å². The second-order valence-electron chi connectivity index (χ2n) is 13.6. The summed E-state index contributed by atoms with van der Waals surface area (Å²) < 4.78 is 5.99. The summed E-state index contributed by atoms with van der Waals surface area (Å²) in [5.41, 5.74) is 3.29. The number of hydrogen-bond acceptors (Lipinski definition) is 7. The summed E-state index contributed by atoms with van der Waals surface area (Å²) >= 11 is 0. The van der Waals surface area contributed by atoms with Crippen molar-refractivity contribution in [1.82, 2.24) is 16.1 Å². The Hall–Kier alpha value is -2.16. The summed E-state index contributed by atoms with van der Waals surface area (Å²) in [7, 11) is 0. The van der Waals surface area contributed by atoms with E-state index in [2.05, 4.69) is 15.5 Å². The van der Waals surface area contributed by atoms with Crippen LogP contribution >= 0.6 is 0 Å². The van der Waals surface area contributed by atoms with Crippen LogP contribution in [0, 0.1) is 23.7 Å². The maximum Gasteiger partial charge on any atom is 0.323 e. The van der Waals surface area contributed by atoms with Gasteiger partial charge in [-0.05, 0) is 145 Å². The molecule has 1 aromatic carbocycles. The molecular weight excluding hydrogens is 528 g/mol. The van der Waals surface area contributed by atoms with Crippen molar-refractivity contribution in [2.24, 2.45) is 23.7 Å². The highest BCUT2D eigenvalue weighted by Crippen LogP contribution is 2.31. The molecule has 0 radical (unpaired) electrons. The van der Waals surface area contributed by atoms with Crippen LogP contribution in [0.15, 0.2) is 24.3 Å². The molecule has 3 aliphatic carbocycles. The van der Waals surface area contributed by atoms with Crippen LogP contribution in [0.1, 0.15) is 107 Å². The monoisotopic (exact) mass is 582 g/mol. The van der Waals surface area contributed by atoms with Gasteiger partial charge >= 0.3 is 5.97 Å². The molecular formula is C34H54N4O4. The van der Waals surface area contributed by atoms with E-state index in [0.29, 0.717) is 23.3 Å². The SMILES string of the molecule is O=C(NO)c1ccc(N2CCC(CNCC3CCC(CN[C@H](C(=O)OC4CCCC4)C4CCCCC4)CC3)CC2)cc1. The minimum atomic E-state index is -0.476. The molecule has 1 saturated heterocycles. The number of esters is 1. The molecule has 1 aliphatic heterocycles. The lowest BCUT2D eigenvalue weighted by atomic mass is 9.80. The summed E-state index contributed by atoms with van der Waals surface area (Å²) in [6.45, 7) is 5.24. The van der Waals surface area contributed by atoms with Gasteiger partial charge in [0, 0.05) is 24.3 Å². The maximum absolute atomic E-state index is 13.2. The standard InChI is InChI=1S/C34H54N4O4/c39-33(37-41)29-14-16-30(17-15-29)38-20-18-27(19-21-38)23-35-22-25-10-12-26(13-11-25)24-36-32(28-6-2-1-3-7-28)34(40)42-31-8-4-5-9-31/h14-17,25-28,31-32,35-36,41H,1-13,18-24H2,(H,37,39)/t25?,26?,32-/m0/s1. The Morgan fingerprint density at radius 2 is 1.33 bits per heavy atom. The van der Waals surface area contributed by atoms with Crippen molar-refractivity contribution in [2.75, 3.05) is 37.6 Å². The largest absolute Gasteiger partial charge is 0.461 e. The van der Waals surface area contributed by atoms with E-state index in [0.717, 1.165) is 70.0 Å². The van der Waals surface area contributed by atoms with Crippen LogP contribution in [-0.2, 0) is 9.53 Å². The van der Waals surface area contributed by atoms with Gasteiger partial charge in [-0.2, -0.15) is 0 Å². The third-order valence-electron chi connectivity index (χ3n) is 10.6. The second kappa shape index (κ2) is 16.1. The highest BCUT2D eigenvalue weighted by Gasteiger charge is 2.33. The van der Waals surface area contributed by atoms with Crippen molar-refractivity contribution in [2.45, 2.75) is 108 Å². The summed E-state index contributed by atoms with van der Waals surface area (Å²) in [4.78, 5) is 27.1. The first kappa shape index (κ1) is 31.3. The first-order valence-electron chi connectivity index (χ1n) is 17.0. The van der Waals surface area contributed by atoms with Crippen molar-refractivity contribution in [3.63, 3.8) is 0 Å². The van der Waals surface area contributed by atoms with Gasteiger partial charge in [-0.3, -0.25) is 14.8 Å². The lowest BCUT2D eigenvalue weighted by Crippen LogP contribution is -2.47. The molecule has 5 rings (SSSR count). The molecule has 0 bridgehead atoms. The number of hydrogen-bond donors (Lipinski definition) is 4. The smallest absolute Gasteiger partial charge is 0.323 e. The van der Waals surface area contributed by atoms with E-state index in [9.17, 15) is 9.59 Å². The van der Waals surface area contributed by atoms with Gasteiger partial charge in [0.1, 0.15) is 12.1 Å². The molecule has 4 N–H and O–H groups in total. The molecule has 1 amide bonds. The number of rotatable bonds is 12. The number of benzene rings is 1. The number of piperidine rings is 1. The fourth-order valence-electron chi connectivity index (χ4n) is 7.86. The van der Waals surface area contributed by atoms with E-state index in [1.807, 2.05) is 12.1 Å². The number of ether oxygens (including phenoxy) is 1. The fraction of sp³-hybridized carbons (Fsp3) is 0.765. The van der Waals surface area contributed by atoms with Crippen molar-refractivity contribution < 1.29 is 19.5 Å². The zero-order valence-electron chi connectivity index (χ0n) is 25.5. The minimum absolute atomic E-state index is 0.0301. The molecule has 8 heteroatoms. The van der Waals surface area contributed by atoms with E-state index in [1.165, 1.54) is 70.6 Å². The molecule has 0 spiro atoms. The Labute approximate surface area is 252 Å². The average molecular weight is 583 g/mol. The van der Waals surface area contributed by atoms with Gasteiger partial charge in [0.25, 0.3) is 5.91 Å². The number of nitrogens with zero attached hydrogens (tertiary/aromatic N) is 1. The molecule has 8 nitrogen and oxygen atoms in total. The van der Waals surface area contributed by atoms with Gasteiger partial charge in [0.2, 0.25) is 0 Å². The van der Waals surface area contributed by atoms with Crippen molar-refractivity contribution >= 4 is 17.6 Å². The third kappa shape index (κ3) is 8.93.